The van der Waals surface area contributed by atoms with Crippen LogP contribution in [0.15, 0.2) is 0 Å². The van der Waals surface area contributed by atoms with Crippen LogP contribution in [-0.2, 0) is 10.1 Å². The molecule has 52 valence electrons. The molecule has 2 N–H and O–H groups in total. The third-order valence-electron chi connectivity index (χ3n) is 0.636. The first-order valence-corrected chi connectivity index (χ1v) is 3.56. The zero-order chi connectivity index (χ0) is 7.49. The summed E-state index contributed by atoms with van der Waals surface area (Å²) in [5, 5.41) is 8.41. The van der Waals surface area contributed by atoms with E-state index in [2.05, 4.69) is 6.42 Å². The Morgan fingerprint density at radius 3 is 2.22 bits per heavy atom. The summed E-state index contributed by atoms with van der Waals surface area (Å²) in [7, 11) is -4.35. The zero-order valence-corrected chi connectivity index (χ0v) is 5.30. The maximum absolute atomic E-state index is 9.93. The van der Waals surface area contributed by atoms with Crippen molar-refractivity contribution in [3.63, 3.8) is 0 Å². The van der Waals surface area contributed by atoms with Gasteiger partial charge in [0.05, 0.1) is 6.42 Å². The highest BCUT2D eigenvalue weighted by atomic mass is 32.2. The average Bonchev–Trinajstić information content (AvgIpc) is 1.64. The molecule has 0 aliphatic heterocycles. The van der Waals surface area contributed by atoms with Gasteiger partial charge >= 0.3 is 0 Å². The van der Waals surface area contributed by atoms with Crippen LogP contribution in [0.1, 0.15) is 6.42 Å². The van der Waals surface area contributed by atoms with E-state index in [1.807, 2.05) is 5.92 Å². The highest BCUT2D eigenvalue weighted by molar-refractivity contribution is 7.86. The van der Waals surface area contributed by atoms with E-state index >= 15 is 0 Å². The van der Waals surface area contributed by atoms with Gasteiger partial charge in [0.25, 0.3) is 10.1 Å². The van der Waals surface area contributed by atoms with E-state index in [4.69, 9.17) is 9.66 Å². The molecule has 0 amide bonds. The van der Waals surface area contributed by atoms with Gasteiger partial charge in [-0.25, -0.2) is 0 Å². The van der Waals surface area contributed by atoms with E-state index < -0.39 is 22.0 Å². The number of terminal acetylenes is 1. The predicted octanol–water partition coefficient (Wildman–Crippen LogP) is -0.784. The van der Waals surface area contributed by atoms with Gasteiger partial charge in [-0.1, -0.05) is 0 Å². The molecular formula is C4H6O4S. The smallest absolute Gasteiger partial charge is 0.292 e. The summed E-state index contributed by atoms with van der Waals surface area (Å²) in [5.41, 5.74) is -1.84. The Morgan fingerprint density at radius 1 is 1.67 bits per heavy atom. The maximum atomic E-state index is 9.93. The monoisotopic (exact) mass is 150 g/mol. The van der Waals surface area contributed by atoms with Crippen molar-refractivity contribution in [1.82, 2.24) is 0 Å². The first-order valence-electron chi connectivity index (χ1n) is 2.06. The number of hydrogen-bond donors (Lipinski definition) is 2. The molecule has 0 spiro atoms. The second kappa shape index (κ2) is 2.82. The van der Waals surface area contributed by atoms with Gasteiger partial charge in [-0.2, -0.15) is 8.42 Å². The van der Waals surface area contributed by atoms with Crippen LogP contribution in [0.4, 0.5) is 0 Å². The van der Waals surface area contributed by atoms with Crippen LogP contribution in [0, 0.1) is 12.3 Å². The van der Waals surface area contributed by atoms with Gasteiger partial charge in [0.15, 0.2) is 5.44 Å². The van der Waals surface area contributed by atoms with Crippen molar-refractivity contribution in [3.8, 4) is 12.3 Å². The van der Waals surface area contributed by atoms with Crippen molar-refractivity contribution < 1.29 is 18.1 Å². The topological polar surface area (TPSA) is 74.6 Å². The molecule has 0 aromatic carbocycles. The molecule has 0 heterocycles. The normalized spacial score (nSPS) is 14.3. The molecule has 0 bridgehead atoms. The summed E-state index contributed by atoms with van der Waals surface area (Å²) >= 11 is 0. The maximum Gasteiger partial charge on any atom is 0.292 e. The number of aliphatic hydroxyl groups excluding tert-OH is 1. The molecule has 1 unspecified atom stereocenters. The molecule has 9 heavy (non-hydrogen) atoms. The Balaban J connectivity index is 4.10. The van der Waals surface area contributed by atoms with Crippen molar-refractivity contribution in [2.45, 2.75) is 11.9 Å². The van der Waals surface area contributed by atoms with E-state index in [1.54, 1.807) is 0 Å². The van der Waals surface area contributed by atoms with Crippen LogP contribution >= 0.6 is 0 Å². The second-order valence-electron chi connectivity index (χ2n) is 1.38. The van der Waals surface area contributed by atoms with Gasteiger partial charge in [-0.15, -0.1) is 12.3 Å². The zero-order valence-electron chi connectivity index (χ0n) is 4.48. The molecule has 0 aromatic rings. The summed E-state index contributed by atoms with van der Waals surface area (Å²) in [6.45, 7) is 0. The molecular weight excluding hydrogens is 144 g/mol. The van der Waals surface area contributed by atoms with E-state index in [1.165, 1.54) is 0 Å². The number of rotatable bonds is 2. The van der Waals surface area contributed by atoms with Crippen LogP contribution in [-0.4, -0.2) is 23.5 Å². The van der Waals surface area contributed by atoms with Gasteiger partial charge in [0, 0.05) is 0 Å². The molecule has 0 aromatic heterocycles. The summed E-state index contributed by atoms with van der Waals surface area (Å²) in [6, 6.07) is 0. The van der Waals surface area contributed by atoms with Crippen LogP contribution in [0.2, 0.25) is 0 Å². The van der Waals surface area contributed by atoms with Gasteiger partial charge < -0.3 is 5.11 Å². The molecule has 0 fully saturated rings. The van der Waals surface area contributed by atoms with E-state index in [0.717, 1.165) is 0 Å². The molecule has 1 atom stereocenters. The minimum absolute atomic E-state index is 0.390. The lowest BCUT2D eigenvalue weighted by atomic mass is 10.5. The van der Waals surface area contributed by atoms with Crippen LogP contribution in [0.3, 0.4) is 0 Å². The first-order chi connectivity index (χ1) is 3.98. The molecule has 4 nitrogen and oxygen atoms in total. The lowest BCUT2D eigenvalue weighted by molar-refractivity contribution is 0.239. The summed E-state index contributed by atoms with van der Waals surface area (Å²) in [4.78, 5) is 0. The second-order valence-corrected chi connectivity index (χ2v) is 2.95. The highest BCUT2D eigenvalue weighted by Gasteiger charge is 2.16. The molecule has 0 saturated carbocycles. The summed E-state index contributed by atoms with van der Waals surface area (Å²) in [6.07, 6.45) is 4.25. The van der Waals surface area contributed by atoms with Gasteiger partial charge in [0.1, 0.15) is 0 Å². The van der Waals surface area contributed by atoms with Crippen molar-refractivity contribution in [3.05, 3.63) is 0 Å². The minimum atomic E-state index is -4.35. The highest BCUT2D eigenvalue weighted by Crippen LogP contribution is 1.96. The summed E-state index contributed by atoms with van der Waals surface area (Å²) < 4.78 is 27.9. The Hall–Kier alpha value is -0.570. The van der Waals surface area contributed by atoms with Gasteiger partial charge in [-0.05, 0) is 0 Å². The fourth-order valence-corrected chi connectivity index (χ4v) is 0.513. The van der Waals surface area contributed by atoms with E-state index in [0.29, 0.717) is 0 Å². The van der Waals surface area contributed by atoms with E-state index in [9.17, 15) is 8.42 Å². The van der Waals surface area contributed by atoms with Gasteiger partial charge in [-0.3, -0.25) is 4.55 Å². The van der Waals surface area contributed by atoms with Crippen molar-refractivity contribution in [1.29, 1.82) is 0 Å². The Labute approximate surface area is 53.3 Å². The number of hydrogen-bond acceptors (Lipinski definition) is 3. The minimum Gasteiger partial charge on any atom is -0.374 e. The van der Waals surface area contributed by atoms with Crippen LogP contribution in [0.25, 0.3) is 0 Å². The molecule has 0 saturated heterocycles. The Bertz CT molecular complexity index is 209. The molecule has 0 rings (SSSR count). The molecule has 0 radical (unpaired) electrons. The Kier molecular flexibility index (Phi) is 2.65. The van der Waals surface area contributed by atoms with Crippen molar-refractivity contribution in [2.75, 3.05) is 0 Å². The Morgan fingerprint density at radius 2 is 2.11 bits per heavy atom. The van der Waals surface area contributed by atoms with E-state index in [-0.39, 0.29) is 0 Å². The standard InChI is InChI=1S/C4H6O4S/c1-2-3-4(5)9(6,7)8/h1,4-5H,3H2,(H,6,7,8). The lowest BCUT2D eigenvalue weighted by Crippen LogP contribution is -2.18. The fraction of sp³-hybridized carbons (Fsp3) is 0.500. The van der Waals surface area contributed by atoms with Gasteiger partial charge in [0.2, 0.25) is 0 Å². The van der Waals surface area contributed by atoms with Crippen molar-refractivity contribution in [2.24, 2.45) is 0 Å². The molecule has 0 aliphatic carbocycles. The molecule has 0 aliphatic rings. The third kappa shape index (κ3) is 3.08. The van der Waals surface area contributed by atoms with Crippen LogP contribution < -0.4 is 0 Å². The molecule has 5 heteroatoms. The SMILES string of the molecule is C#CCC(O)S(=O)(=O)O. The lowest BCUT2D eigenvalue weighted by Gasteiger charge is -1.99. The third-order valence-corrected chi connectivity index (χ3v) is 1.49. The van der Waals surface area contributed by atoms with Crippen molar-refractivity contribution >= 4 is 10.1 Å². The number of aliphatic hydroxyl groups is 1. The largest absolute Gasteiger partial charge is 0.374 e. The van der Waals surface area contributed by atoms with Crippen LogP contribution in [0.5, 0.6) is 0 Å². The first kappa shape index (κ1) is 8.43. The fourth-order valence-electron chi connectivity index (χ4n) is 0.206. The predicted molar refractivity (Wildman–Crippen MR) is 31.0 cm³/mol. The quantitative estimate of drug-likeness (QED) is 0.400. The average molecular weight is 150 g/mol. The summed E-state index contributed by atoms with van der Waals surface area (Å²) in [5.74, 6) is 1.88.